The van der Waals surface area contributed by atoms with Gasteiger partial charge in [-0.3, -0.25) is 19.3 Å². The first kappa shape index (κ1) is 17.4. The van der Waals surface area contributed by atoms with E-state index in [9.17, 15) is 14.4 Å². The molecule has 0 radical (unpaired) electrons. The van der Waals surface area contributed by atoms with Crippen molar-refractivity contribution in [2.24, 2.45) is 0 Å². The molecule has 0 bridgehead atoms. The molecule has 8 heteroatoms. The number of ether oxygens (including phenoxy) is 1. The van der Waals surface area contributed by atoms with Gasteiger partial charge in [-0.1, -0.05) is 12.1 Å². The number of rotatable bonds is 3. The Morgan fingerprint density at radius 3 is 2.54 bits per heavy atom. The van der Waals surface area contributed by atoms with Gasteiger partial charge in [-0.2, -0.15) is 0 Å². The van der Waals surface area contributed by atoms with Crippen LogP contribution in [0.3, 0.4) is 0 Å². The number of carbonyl (C=O) groups excluding carboxylic acids is 3. The van der Waals surface area contributed by atoms with E-state index in [-0.39, 0.29) is 12.5 Å². The molecule has 2 aliphatic heterocycles. The largest absolute Gasteiger partial charge is 0.378 e. The number of imide groups is 1. The van der Waals surface area contributed by atoms with Gasteiger partial charge in [0, 0.05) is 16.7 Å². The highest BCUT2D eigenvalue weighted by atomic mass is 127. The maximum atomic E-state index is 12.4. The molecule has 3 amide bonds. The van der Waals surface area contributed by atoms with Crippen LogP contribution in [-0.4, -0.2) is 59.7 Å². The topological polar surface area (TPSA) is 66.9 Å². The lowest BCUT2D eigenvalue weighted by molar-refractivity contribution is -0.139. The Bertz CT molecular complexity index is 699. The van der Waals surface area contributed by atoms with Crippen molar-refractivity contribution in [3.05, 3.63) is 38.3 Å². The second-order valence-corrected chi connectivity index (χ2v) is 7.55. The Kier molecular flexibility index (Phi) is 5.57. The van der Waals surface area contributed by atoms with Crippen LogP contribution in [0.25, 0.3) is 6.08 Å². The fourth-order valence-electron chi connectivity index (χ4n) is 2.39. The van der Waals surface area contributed by atoms with Crippen LogP contribution in [0.2, 0.25) is 0 Å². The highest BCUT2D eigenvalue weighted by Gasteiger charge is 2.37. The van der Waals surface area contributed by atoms with Crippen molar-refractivity contribution in [2.45, 2.75) is 0 Å². The second-order valence-electron chi connectivity index (χ2n) is 5.31. The number of hydrogen-bond donors (Lipinski definition) is 0. The minimum Gasteiger partial charge on any atom is -0.378 e. The lowest BCUT2D eigenvalue weighted by Gasteiger charge is -2.28. The van der Waals surface area contributed by atoms with Gasteiger partial charge in [-0.15, -0.1) is 0 Å². The van der Waals surface area contributed by atoms with Gasteiger partial charge in [0.25, 0.3) is 11.1 Å². The van der Waals surface area contributed by atoms with Gasteiger partial charge < -0.3 is 9.64 Å². The molecule has 2 aliphatic rings. The summed E-state index contributed by atoms with van der Waals surface area (Å²) in [5.41, 5.74) is 0.848. The van der Waals surface area contributed by atoms with E-state index in [4.69, 9.17) is 4.74 Å². The Morgan fingerprint density at radius 2 is 1.88 bits per heavy atom. The smallest absolute Gasteiger partial charge is 0.294 e. The van der Waals surface area contributed by atoms with Gasteiger partial charge in [0.05, 0.1) is 18.1 Å². The van der Waals surface area contributed by atoms with Gasteiger partial charge in [-0.25, -0.2) is 0 Å². The molecular weight excluding hydrogens is 443 g/mol. The summed E-state index contributed by atoms with van der Waals surface area (Å²) in [7, 11) is 0. The lowest BCUT2D eigenvalue weighted by Crippen LogP contribution is -2.46. The summed E-state index contributed by atoms with van der Waals surface area (Å²) in [6.45, 7) is 1.75. The van der Waals surface area contributed by atoms with E-state index in [1.54, 1.807) is 11.0 Å². The van der Waals surface area contributed by atoms with Gasteiger partial charge in [0.2, 0.25) is 5.91 Å². The number of hydrogen-bond acceptors (Lipinski definition) is 5. The number of nitrogens with zero attached hydrogens (tertiary/aromatic N) is 2. The van der Waals surface area contributed by atoms with Gasteiger partial charge >= 0.3 is 0 Å². The molecule has 0 N–H and O–H groups in total. The van der Waals surface area contributed by atoms with Crippen LogP contribution in [0.1, 0.15) is 5.56 Å². The average Bonchev–Trinajstić information content (AvgIpc) is 2.85. The van der Waals surface area contributed by atoms with E-state index in [0.717, 1.165) is 25.8 Å². The van der Waals surface area contributed by atoms with Crippen molar-refractivity contribution in [1.82, 2.24) is 9.80 Å². The van der Waals surface area contributed by atoms with Crippen molar-refractivity contribution in [3.63, 3.8) is 0 Å². The van der Waals surface area contributed by atoms with Crippen molar-refractivity contribution in [3.8, 4) is 0 Å². The Balaban J connectivity index is 1.69. The SMILES string of the molecule is O=C(CN1C(=O)S/C(=C/c2ccc(I)cc2)C1=O)N1CCOCC1. The molecule has 24 heavy (non-hydrogen) atoms. The third kappa shape index (κ3) is 3.98. The normalized spacial score (nSPS) is 20.1. The van der Waals surface area contributed by atoms with Crippen LogP contribution in [0, 0.1) is 3.57 Å². The highest BCUT2D eigenvalue weighted by molar-refractivity contribution is 14.1. The molecule has 2 heterocycles. The minimum absolute atomic E-state index is 0.214. The molecule has 6 nitrogen and oxygen atoms in total. The van der Waals surface area contributed by atoms with E-state index < -0.39 is 11.1 Å². The van der Waals surface area contributed by atoms with Crippen molar-refractivity contribution in [1.29, 1.82) is 0 Å². The van der Waals surface area contributed by atoms with Crippen LogP contribution in [0.15, 0.2) is 29.2 Å². The molecular formula is C16H15IN2O4S. The summed E-state index contributed by atoms with van der Waals surface area (Å²) < 4.78 is 6.29. The highest BCUT2D eigenvalue weighted by Crippen LogP contribution is 2.32. The molecule has 0 saturated carbocycles. The summed E-state index contributed by atoms with van der Waals surface area (Å²) in [5, 5.41) is -0.404. The fraction of sp³-hybridized carbons (Fsp3) is 0.312. The van der Waals surface area contributed by atoms with Gasteiger partial charge in [-0.05, 0) is 58.1 Å². The Morgan fingerprint density at radius 1 is 1.21 bits per heavy atom. The number of benzene rings is 1. The number of amides is 3. The maximum absolute atomic E-state index is 12.4. The zero-order valence-electron chi connectivity index (χ0n) is 12.7. The maximum Gasteiger partial charge on any atom is 0.294 e. The molecule has 0 atom stereocenters. The molecule has 1 aromatic rings. The quantitative estimate of drug-likeness (QED) is 0.514. The van der Waals surface area contributed by atoms with E-state index in [2.05, 4.69) is 22.6 Å². The molecule has 0 aromatic heterocycles. The van der Waals surface area contributed by atoms with Crippen molar-refractivity contribution < 1.29 is 19.1 Å². The summed E-state index contributed by atoms with van der Waals surface area (Å²) in [4.78, 5) is 39.7. The third-order valence-corrected chi connectivity index (χ3v) is 5.33. The van der Waals surface area contributed by atoms with Crippen LogP contribution in [0.5, 0.6) is 0 Å². The van der Waals surface area contributed by atoms with Crippen molar-refractivity contribution in [2.75, 3.05) is 32.8 Å². The van der Waals surface area contributed by atoms with Crippen LogP contribution in [-0.2, 0) is 14.3 Å². The first-order valence-corrected chi connectivity index (χ1v) is 9.30. The Hall–Kier alpha value is -1.39. The Labute approximate surface area is 157 Å². The fourth-order valence-corrected chi connectivity index (χ4v) is 3.59. The molecule has 2 saturated heterocycles. The zero-order chi connectivity index (χ0) is 17.1. The van der Waals surface area contributed by atoms with Gasteiger partial charge in [0.15, 0.2) is 0 Å². The first-order valence-electron chi connectivity index (χ1n) is 7.41. The molecule has 3 rings (SSSR count). The summed E-state index contributed by atoms with van der Waals surface area (Å²) >= 11 is 3.07. The van der Waals surface area contributed by atoms with Crippen LogP contribution in [0.4, 0.5) is 4.79 Å². The predicted octanol–water partition coefficient (Wildman–Crippen LogP) is 2.19. The summed E-state index contributed by atoms with van der Waals surface area (Å²) in [6, 6.07) is 7.63. The molecule has 0 unspecified atom stereocenters. The average molecular weight is 458 g/mol. The predicted molar refractivity (Wildman–Crippen MR) is 99.2 cm³/mol. The standard InChI is InChI=1S/C16H15IN2O4S/c17-12-3-1-11(2-4-12)9-13-15(21)19(16(22)24-13)10-14(20)18-5-7-23-8-6-18/h1-4,9H,5-8,10H2/b13-9+. The van der Waals surface area contributed by atoms with Crippen LogP contribution >= 0.6 is 34.4 Å². The second kappa shape index (κ2) is 7.66. The van der Waals surface area contributed by atoms with E-state index in [1.165, 1.54) is 0 Å². The zero-order valence-corrected chi connectivity index (χ0v) is 15.7. The van der Waals surface area contributed by atoms with E-state index >= 15 is 0 Å². The molecule has 0 spiro atoms. The third-order valence-electron chi connectivity index (χ3n) is 3.70. The number of thioether (sulfide) groups is 1. The number of halogens is 1. The molecule has 2 fully saturated rings. The monoisotopic (exact) mass is 458 g/mol. The summed E-state index contributed by atoms with van der Waals surface area (Å²) in [5.74, 6) is -0.638. The van der Waals surface area contributed by atoms with E-state index in [0.29, 0.717) is 31.2 Å². The van der Waals surface area contributed by atoms with Crippen molar-refractivity contribution >= 4 is 57.5 Å². The number of morpholine rings is 1. The van der Waals surface area contributed by atoms with E-state index in [1.807, 2.05) is 24.3 Å². The number of carbonyl (C=O) groups is 3. The first-order chi connectivity index (χ1) is 11.5. The summed E-state index contributed by atoms with van der Waals surface area (Å²) in [6.07, 6.45) is 1.68. The molecule has 126 valence electrons. The molecule has 1 aromatic carbocycles. The van der Waals surface area contributed by atoms with Crippen LogP contribution < -0.4 is 0 Å². The van der Waals surface area contributed by atoms with Gasteiger partial charge in [0.1, 0.15) is 6.54 Å². The minimum atomic E-state index is -0.412. The molecule has 0 aliphatic carbocycles. The lowest BCUT2D eigenvalue weighted by atomic mass is 10.2.